The molecule has 2 atom stereocenters. The molecule has 5 nitrogen and oxygen atoms in total. The third-order valence-electron chi connectivity index (χ3n) is 4.08. The molecule has 0 bridgehead atoms. The number of hydrogen-bond donors (Lipinski definition) is 0. The van der Waals surface area contributed by atoms with Crippen LogP contribution in [0.25, 0.3) is 0 Å². The minimum atomic E-state index is -0.556. The number of carbonyl (C=O) groups excluding carboxylic acids is 2. The minimum absolute atomic E-state index is 0.278. The highest BCUT2D eigenvalue weighted by atomic mass is 16.6. The Bertz CT molecular complexity index is 592. The van der Waals surface area contributed by atoms with Gasteiger partial charge in [-0.2, -0.15) is 0 Å². The van der Waals surface area contributed by atoms with E-state index in [9.17, 15) is 9.59 Å². The smallest absolute Gasteiger partial charge is 0.323 e. The van der Waals surface area contributed by atoms with Crippen LogP contribution in [-0.2, 0) is 25.6 Å². The van der Waals surface area contributed by atoms with Crippen molar-refractivity contribution >= 4 is 11.9 Å². The number of likely N-dealkylation sites (tertiary alicyclic amines) is 1. The molecule has 1 fully saturated rings. The topological polar surface area (TPSA) is 55.8 Å². The molecule has 0 aliphatic carbocycles. The Morgan fingerprint density at radius 1 is 0.885 bits per heavy atom. The van der Waals surface area contributed by atoms with Gasteiger partial charge in [0.1, 0.15) is 23.3 Å². The summed E-state index contributed by atoms with van der Waals surface area (Å²) >= 11 is 0. The number of carbonyl (C=O) groups is 2. The summed E-state index contributed by atoms with van der Waals surface area (Å²) in [5.41, 5.74) is -0.0598. The Hall–Kier alpha value is -1.88. The molecule has 0 N–H and O–H groups in total. The molecule has 5 heteroatoms. The molecule has 1 saturated heterocycles. The molecule has 1 aliphatic rings. The summed E-state index contributed by atoms with van der Waals surface area (Å²) in [5, 5.41) is 0. The van der Waals surface area contributed by atoms with E-state index < -0.39 is 23.3 Å². The van der Waals surface area contributed by atoms with Gasteiger partial charge in [0.2, 0.25) is 0 Å². The van der Waals surface area contributed by atoms with Crippen molar-refractivity contribution in [1.29, 1.82) is 0 Å². The van der Waals surface area contributed by atoms with Crippen LogP contribution in [0.15, 0.2) is 30.3 Å². The first-order valence-corrected chi connectivity index (χ1v) is 9.22. The number of nitrogens with zero attached hydrogens (tertiary/aromatic N) is 1. The monoisotopic (exact) mass is 361 g/mol. The van der Waals surface area contributed by atoms with E-state index in [1.54, 1.807) is 0 Å². The van der Waals surface area contributed by atoms with Crippen molar-refractivity contribution in [2.75, 3.05) is 0 Å². The van der Waals surface area contributed by atoms with E-state index in [0.717, 1.165) is 5.56 Å². The second-order valence-corrected chi connectivity index (χ2v) is 8.83. The van der Waals surface area contributed by atoms with Crippen molar-refractivity contribution < 1.29 is 19.1 Å². The predicted molar refractivity (Wildman–Crippen MR) is 100 cm³/mol. The van der Waals surface area contributed by atoms with Crippen LogP contribution < -0.4 is 0 Å². The molecule has 0 radical (unpaired) electrons. The highest BCUT2D eigenvalue weighted by Crippen LogP contribution is 2.30. The summed E-state index contributed by atoms with van der Waals surface area (Å²) in [5.74, 6) is -0.557. The van der Waals surface area contributed by atoms with E-state index in [1.807, 2.05) is 76.8 Å². The highest BCUT2D eigenvalue weighted by molar-refractivity contribution is 5.81. The van der Waals surface area contributed by atoms with E-state index in [-0.39, 0.29) is 11.9 Å². The summed E-state index contributed by atoms with van der Waals surface area (Å²) in [4.78, 5) is 27.3. The normalized spacial score (nSPS) is 21.5. The fraction of sp³-hybridized carbons (Fsp3) is 0.619. The first-order chi connectivity index (χ1) is 12.0. The van der Waals surface area contributed by atoms with Gasteiger partial charge in [-0.1, -0.05) is 30.3 Å². The lowest BCUT2D eigenvalue weighted by Crippen LogP contribution is -2.47. The Balaban J connectivity index is 2.22. The molecule has 1 aromatic rings. The summed E-state index contributed by atoms with van der Waals surface area (Å²) in [6.45, 7) is 11.6. The van der Waals surface area contributed by atoms with E-state index in [4.69, 9.17) is 9.47 Å². The largest absolute Gasteiger partial charge is 0.459 e. The van der Waals surface area contributed by atoms with Crippen molar-refractivity contribution in [3.05, 3.63) is 35.9 Å². The summed E-state index contributed by atoms with van der Waals surface area (Å²) in [7, 11) is 0. The van der Waals surface area contributed by atoms with Gasteiger partial charge in [-0.25, -0.2) is 0 Å². The Labute approximate surface area is 156 Å². The SMILES string of the molecule is CC(C)(C)OC(=O)[C@@H]1CC[C@@H](C(=O)OC(C)(C)C)N1Cc1ccccc1. The van der Waals surface area contributed by atoms with Gasteiger partial charge in [0.05, 0.1) is 0 Å². The summed E-state index contributed by atoms with van der Waals surface area (Å²) < 4.78 is 11.2. The van der Waals surface area contributed by atoms with Gasteiger partial charge in [-0.15, -0.1) is 0 Å². The second kappa shape index (κ2) is 7.78. The van der Waals surface area contributed by atoms with Crippen LogP contribution in [0.1, 0.15) is 59.9 Å². The van der Waals surface area contributed by atoms with Gasteiger partial charge in [0.25, 0.3) is 0 Å². The lowest BCUT2D eigenvalue weighted by atomic mass is 10.1. The summed E-state index contributed by atoms with van der Waals surface area (Å²) in [6.07, 6.45) is 1.18. The van der Waals surface area contributed by atoms with Crippen LogP contribution in [-0.4, -0.2) is 40.1 Å². The molecular formula is C21H31NO4. The summed E-state index contributed by atoms with van der Waals surface area (Å²) in [6, 6.07) is 8.98. The lowest BCUT2D eigenvalue weighted by molar-refractivity contribution is -0.165. The van der Waals surface area contributed by atoms with Gasteiger partial charge in [-0.3, -0.25) is 14.5 Å². The van der Waals surface area contributed by atoms with E-state index in [1.165, 1.54) is 0 Å². The first-order valence-electron chi connectivity index (χ1n) is 9.22. The fourth-order valence-electron chi connectivity index (χ4n) is 3.13. The third-order valence-corrected chi connectivity index (χ3v) is 4.08. The predicted octanol–water partition coefficient (Wildman–Crippen LogP) is 3.70. The van der Waals surface area contributed by atoms with Crippen LogP contribution in [0.4, 0.5) is 0 Å². The molecule has 1 heterocycles. The van der Waals surface area contributed by atoms with Gasteiger partial charge in [0, 0.05) is 6.54 Å². The first kappa shape index (κ1) is 20.4. The molecular weight excluding hydrogens is 330 g/mol. The van der Waals surface area contributed by atoms with Gasteiger partial charge in [0.15, 0.2) is 0 Å². The molecule has 0 saturated carbocycles. The van der Waals surface area contributed by atoms with Crippen LogP contribution in [0.2, 0.25) is 0 Å². The Kier molecular flexibility index (Phi) is 6.12. The molecule has 144 valence electrons. The average molecular weight is 361 g/mol. The molecule has 26 heavy (non-hydrogen) atoms. The van der Waals surface area contributed by atoms with E-state index in [0.29, 0.717) is 19.4 Å². The molecule has 0 spiro atoms. The molecule has 0 aromatic heterocycles. The van der Waals surface area contributed by atoms with Gasteiger partial charge in [-0.05, 0) is 59.9 Å². The van der Waals surface area contributed by atoms with Crippen molar-refractivity contribution in [3.8, 4) is 0 Å². The van der Waals surface area contributed by atoms with E-state index in [2.05, 4.69) is 0 Å². The van der Waals surface area contributed by atoms with Crippen molar-refractivity contribution in [2.24, 2.45) is 0 Å². The second-order valence-electron chi connectivity index (χ2n) is 8.83. The number of esters is 2. The Morgan fingerprint density at radius 3 is 1.69 bits per heavy atom. The molecule has 2 rings (SSSR count). The van der Waals surface area contributed by atoms with Crippen LogP contribution in [0, 0.1) is 0 Å². The zero-order valence-corrected chi connectivity index (χ0v) is 16.7. The lowest BCUT2D eigenvalue weighted by Gasteiger charge is -2.31. The maximum atomic E-state index is 12.7. The van der Waals surface area contributed by atoms with Crippen LogP contribution >= 0.6 is 0 Å². The Morgan fingerprint density at radius 2 is 1.31 bits per heavy atom. The highest BCUT2D eigenvalue weighted by Gasteiger charge is 2.44. The van der Waals surface area contributed by atoms with Crippen LogP contribution in [0.5, 0.6) is 0 Å². The van der Waals surface area contributed by atoms with Crippen LogP contribution in [0.3, 0.4) is 0 Å². The van der Waals surface area contributed by atoms with Gasteiger partial charge < -0.3 is 9.47 Å². The number of benzene rings is 1. The number of rotatable bonds is 4. The minimum Gasteiger partial charge on any atom is -0.459 e. The van der Waals surface area contributed by atoms with Gasteiger partial charge >= 0.3 is 11.9 Å². The molecule has 0 unspecified atom stereocenters. The van der Waals surface area contributed by atoms with Crippen molar-refractivity contribution in [2.45, 2.75) is 84.2 Å². The quantitative estimate of drug-likeness (QED) is 0.765. The molecule has 1 aromatic carbocycles. The zero-order valence-electron chi connectivity index (χ0n) is 16.7. The van der Waals surface area contributed by atoms with Crippen molar-refractivity contribution in [1.82, 2.24) is 4.90 Å². The maximum absolute atomic E-state index is 12.7. The molecule has 1 aliphatic heterocycles. The fourth-order valence-corrected chi connectivity index (χ4v) is 3.13. The van der Waals surface area contributed by atoms with E-state index >= 15 is 0 Å². The third kappa shape index (κ3) is 5.84. The average Bonchev–Trinajstić information content (AvgIpc) is 2.88. The maximum Gasteiger partial charge on any atom is 0.323 e. The number of ether oxygens (including phenoxy) is 2. The number of hydrogen-bond acceptors (Lipinski definition) is 5. The zero-order chi connectivity index (χ0) is 19.5. The standard InChI is InChI=1S/C21H31NO4/c1-20(2,3)25-18(23)16-12-13-17(19(24)26-21(4,5)6)22(16)14-15-10-8-7-9-11-15/h7-11,16-17H,12-14H2,1-6H3/t16-,17-/m0/s1. The van der Waals surface area contributed by atoms with Crippen molar-refractivity contribution in [3.63, 3.8) is 0 Å². The molecule has 0 amide bonds.